The Morgan fingerprint density at radius 2 is 1.85 bits per heavy atom. The van der Waals surface area contributed by atoms with Crippen LogP contribution >= 0.6 is 0 Å². The van der Waals surface area contributed by atoms with E-state index in [1.165, 1.54) is 0 Å². The molecule has 1 N–H and O–H groups in total. The van der Waals surface area contributed by atoms with Gasteiger partial charge in [-0.1, -0.05) is 18.2 Å². The van der Waals surface area contributed by atoms with Crippen molar-refractivity contribution >= 4 is 11.0 Å². The van der Waals surface area contributed by atoms with Gasteiger partial charge in [0.25, 0.3) is 0 Å². The van der Waals surface area contributed by atoms with Gasteiger partial charge in [0.15, 0.2) is 0 Å². The maximum atomic E-state index is 4.47. The summed E-state index contributed by atoms with van der Waals surface area (Å²) in [6.07, 6.45) is 5.35. The molecule has 0 saturated carbocycles. The fourth-order valence-electron chi connectivity index (χ4n) is 2.40. The number of rotatable bonds is 3. The van der Waals surface area contributed by atoms with E-state index in [0.29, 0.717) is 0 Å². The van der Waals surface area contributed by atoms with Crippen molar-refractivity contribution in [3.8, 4) is 0 Å². The fraction of sp³-hybridized carbons (Fsp3) is 0.188. The van der Waals surface area contributed by atoms with Gasteiger partial charge in [0.05, 0.1) is 17.1 Å². The van der Waals surface area contributed by atoms with E-state index in [4.69, 9.17) is 0 Å². The summed E-state index contributed by atoms with van der Waals surface area (Å²) in [5.74, 6) is 0. The van der Waals surface area contributed by atoms with E-state index in [2.05, 4.69) is 32.4 Å². The van der Waals surface area contributed by atoms with Crippen LogP contribution in [0.3, 0.4) is 0 Å². The molecule has 0 fully saturated rings. The number of nitrogens with one attached hydrogen (secondary N) is 1. The standard InChI is InChI=1S/C16H16N4/c1-11-6-7-12(10-20-11)15(17-2)13-4-3-5-14-16(13)19-9-8-18-14/h3-10,15,17H,1-2H3. The van der Waals surface area contributed by atoms with E-state index in [1.54, 1.807) is 12.4 Å². The molecule has 20 heavy (non-hydrogen) atoms. The Kier molecular flexibility index (Phi) is 3.39. The van der Waals surface area contributed by atoms with E-state index >= 15 is 0 Å². The molecule has 100 valence electrons. The van der Waals surface area contributed by atoms with Crippen molar-refractivity contribution in [2.75, 3.05) is 7.05 Å². The van der Waals surface area contributed by atoms with Crippen LogP contribution in [0.15, 0.2) is 48.9 Å². The number of aromatic nitrogens is 3. The van der Waals surface area contributed by atoms with Gasteiger partial charge in [0, 0.05) is 29.8 Å². The minimum Gasteiger partial charge on any atom is -0.309 e. The Labute approximate surface area is 117 Å². The van der Waals surface area contributed by atoms with Gasteiger partial charge in [-0.3, -0.25) is 15.0 Å². The van der Waals surface area contributed by atoms with E-state index in [-0.39, 0.29) is 6.04 Å². The number of pyridine rings is 1. The number of hydrogen-bond acceptors (Lipinski definition) is 4. The van der Waals surface area contributed by atoms with Crippen LogP contribution in [0.4, 0.5) is 0 Å². The summed E-state index contributed by atoms with van der Waals surface area (Å²) >= 11 is 0. The molecule has 2 aromatic heterocycles. The summed E-state index contributed by atoms with van der Waals surface area (Å²) in [4.78, 5) is 13.2. The number of hydrogen-bond donors (Lipinski definition) is 1. The highest BCUT2D eigenvalue weighted by Crippen LogP contribution is 2.26. The van der Waals surface area contributed by atoms with Crippen molar-refractivity contribution in [2.45, 2.75) is 13.0 Å². The predicted molar refractivity (Wildman–Crippen MR) is 79.4 cm³/mol. The zero-order chi connectivity index (χ0) is 13.9. The quantitative estimate of drug-likeness (QED) is 0.790. The summed E-state index contributed by atoms with van der Waals surface area (Å²) in [5, 5.41) is 3.34. The van der Waals surface area contributed by atoms with Gasteiger partial charge in [-0.15, -0.1) is 0 Å². The summed E-state index contributed by atoms with van der Waals surface area (Å²) in [5.41, 5.74) is 5.08. The normalized spacial score (nSPS) is 12.5. The van der Waals surface area contributed by atoms with Crippen molar-refractivity contribution in [1.82, 2.24) is 20.3 Å². The summed E-state index contributed by atoms with van der Waals surface area (Å²) in [6, 6.07) is 10.3. The second kappa shape index (κ2) is 5.35. The molecule has 1 unspecified atom stereocenters. The van der Waals surface area contributed by atoms with Crippen LogP contribution < -0.4 is 5.32 Å². The van der Waals surface area contributed by atoms with Gasteiger partial charge >= 0.3 is 0 Å². The van der Waals surface area contributed by atoms with Gasteiger partial charge in [-0.05, 0) is 31.7 Å². The molecule has 0 aliphatic heterocycles. The lowest BCUT2D eigenvalue weighted by Crippen LogP contribution is -2.18. The Balaban J connectivity index is 2.14. The van der Waals surface area contributed by atoms with Crippen molar-refractivity contribution in [1.29, 1.82) is 0 Å². The molecule has 0 bridgehead atoms. The Morgan fingerprint density at radius 3 is 2.60 bits per heavy atom. The molecule has 4 nitrogen and oxygen atoms in total. The van der Waals surface area contributed by atoms with E-state index < -0.39 is 0 Å². The Morgan fingerprint density at radius 1 is 1.00 bits per heavy atom. The molecule has 3 rings (SSSR count). The number of nitrogens with zero attached hydrogens (tertiary/aromatic N) is 3. The summed E-state index contributed by atoms with van der Waals surface area (Å²) in [6.45, 7) is 1.99. The number of benzene rings is 1. The molecular weight excluding hydrogens is 248 g/mol. The highest BCUT2D eigenvalue weighted by Gasteiger charge is 2.16. The van der Waals surface area contributed by atoms with Gasteiger partial charge < -0.3 is 5.32 Å². The maximum absolute atomic E-state index is 4.47. The third kappa shape index (κ3) is 2.26. The molecule has 0 aliphatic carbocycles. The fourth-order valence-corrected chi connectivity index (χ4v) is 2.40. The second-order valence-corrected chi connectivity index (χ2v) is 4.73. The molecular formula is C16H16N4. The SMILES string of the molecule is CNC(c1ccc(C)nc1)c1cccc2nccnc12. The smallest absolute Gasteiger partial charge is 0.0937 e. The summed E-state index contributed by atoms with van der Waals surface area (Å²) in [7, 11) is 1.94. The molecule has 1 aromatic carbocycles. The first-order chi connectivity index (χ1) is 9.79. The highest BCUT2D eigenvalue weighted by atomic mass is 14.9. The molecule has 0 aliphatic rings. The predicted octanol–water partition coefficient (Wildman–Crippen LogP) is 2.64. The lowest BCUT2D eigenvalue weighted by Gasteiger charge is -2.18. The average molecular weight is 264 g/mol. The molecule has 0 saturated heterocycles. The van der Waals surface area contributed by atoms with E-state index in [1.807, 2.05) is 38.4 Å². The minimum atomic E-state index is 0.0588. The van der Waals surface area contributed by atoms with Crippen molar-refractivity contribution in [3.05, 3.63) is 65.7 Å². The first-order valence-electron chi connectivity index (χ1n) is 6.59. The molecule has 0 spiro atoms. The first kappa shape index (κ1) is 12.7. The maximum Gasteiger partial charge on any atom is 0.0937 e. The van der Waals surface area contributed by atoms with Crippen molar-refractivity contribution < 1.29 is 0 Å². The molecule has 1 atom stereocenters. The van der Waals surface area contributed by atoms with Crippen LogP contribution in [0.25, 0.3) is 11.0 Å². The third-order valence-electron chi connectivity index (χ3n) is 3.40. The average Bonchev–Trinajstić information content (AvgIpc) is 2.50. The molecule has 3 aromatic rings. The topological polar surface area (TPSA) is 50.7 Å². The van der Waals surface area contributed by atoms with Crippen molar-refractivity contribution in [3.63, 3.8) is 0 Å². The van der Waals surface area contributed by atoms with Crippen molar-refractivity contribution in [2.24, 2.45) is 0 Å². The third-order valence-corrected chi connectivity index (χ3v) is 3.40. The van der Waals surface area contributed by atoms with Gasteiger partial charge in [-0.2, -0.15) is 0 Å². The first-order valence-corrected chi connectivity index (χ1v) is 6.59. The van der Waals surface area contributed by atoms with Crippen LogP contribution in [0, 0.1) is 6.92 Å². The van der Waals surface area contributed by atoms with Crippen LogP contribution in [0.1, 0.15) is 22.9 Å². The molecule has 2 heterocycles. The Bertz CT molecular complexity index is 717. The van der Waals surface area contributed by atoms with Gasteiger partial charge in [0.2, 0.25) is 0 Å². The number of para-hydroxylation sites is 1. The molecule has 4 heteroatoms. The summed E-state index contributed by atoms with van der Waals surface area (Å²) < 4.78 is 0. The lowest BCUT2D eigenvalue weighted by atomic mass is 9.98. The van der Waals surface area contributed by atoms with E-state index in [0.717, 1.165) is 27.9 Å². The monoisotopic (exact) mass is 264 g/mol. The highest BCUT2D eigenvalue weighted by molar-refractivity contribution is 5.78. The van der Waals surface area contributed by atoms with Gasteiger partial charge in [-0.25, -0.2) is 0 Å². The Hall–Kier alpha value is -2.33. The largest absolute Gasteiger partial charge is 0.309 e. The minimum absolute atomic E-state index is 0.0588. The van der Waals surface area contributed by atoms with Crippen LogP contribution in [-0.2, 0) is 0 Å². The molecule has 0 amide bonds. The van der Waals surface area contributed by atoms with Crippen LogP contribution in [0.5, 0.6) is 0 Å². The molecule has 0 radical (unpaired) electrons. The van der Waals surface area contributed by atoms with Crippen LogP contribution in [0.2, 0.25) is 0 Å². The zero-order valence-electron chi connectivity index (χ0n) is 11.5. The zero-order valence-corrected chi connectivity index (χ0v) is 11.5. The lowest BCUT2D eigenvalue weighted by molar-refractivity contribution is 0.691. The van der Waals surface area contributed by atoms with Gasteiger partial charge in [0.1, 0.15) is 0 Å². The second-order valence-electron chi connectivity index (χ2n) is 4.73. The van der Waals surface area contributed by atoms with E-state index in [9.17, 15) is 0 Å². The number of aryl methyl sites for hydroxylation is 1. The number of fused-ring (bicyclic) bond motifs is 1. The van der Waals surface area contributed by atoms with Crippen LogP contribution in [-0.4, -0.2) is 22.0 Å².